The highest BCUT2D eigenvalue weighted by Crippen LogP contribution is 2.28. The second-order valence-corrected chi connectivity index (χ2v) is 5.92. The Balaban J connectivity index is 1.93. The Morgan fingerprint density at radius 2 is 1.93 bits per heavy atom. The highest BCUT2D eigenvalue weighted by Gasteiger charge is 2.21. The molecule has 2 rings (SSSR count). The van der Waals surface area contributed by atoms with E-state index in [9.17, 15) is 19.7 Å². The normalized spacial score (nSPS) is 11.2. The van der Waals surface area contributed by atoms with E-state index >= 15 is 0 Å². The Bertz CT molecular complexity index is 888. The van der Waals surface area contributed by atoms with Crippen molar-refractivity contribution in [1.82, 2.24) is 0 Å². The zero-order chi connectivity index (χ0) is 20.7. The molecule has 0 aromatic heterocycles. The lowest BCUT2D eigenvalue weighted by atomic mass is 10.2. The number of anilines is 1. The minimum Gasteiger partial charge on any atom is -0.495 e. The molecule has 0 aliphatic rings. The molecule has 0 saturated heterocycles. The van der Waals surface area contributed by atoms with Gasteiger partial charge in [0.1, 0.15) is 5.75 Å². The minimum atomic E-state index is -1.15. The Kier molecular flexibility index (Phi) is 7.16. The van der Waals surface area contributed by atoms with Crippen LogP contribution in [0.2, 0.25) is 5.02 Å². The van der Waals surface area contributed by atoms with Crippen molar-refractivity contribution in [3.63, 3.8) is 0 Å². The summed E-state index contributed by atoms with van der Waals surface area (Å²) in [5.41, 5.74) is 0.0354. The van der Waals surface area contributed by atoms with Gasteiger partial charge in [-0.2, -0.15) is 0 Å². The molecule has 1 amide bonds. The van der Waals surface area contributed by atoms with Gasteiger partial charge in [-0.15, -0.1) is 0 Å². The molecule has 0 fully saturated rings. The predicted octanol–water partition coefficient (Wildman–Crippen LogP) is 3.21. The number of carbonyl (C=O) groups excluding carboxylic acids is 2. The number of rotatable bonds is 8. The van der Waals surface area contributed by atoms with E-state index in [1.54, 1.807) is 12.1 Å². The molecule has 2 aromatic rings. The summed E-state index contributed by atoms with van der Waals surface area (Å²) in [4.78, 5) is 34.4. The van der Waals surface area contributed by atoms with Crippen LogP contribution in [-0.2, 0) is 14.3 Å². The molecule has 0 radical (unpaired) electrons. The van der Waals surface area contributed by atoms with E-state index in [0.29, 0.717) is 16.5 Å². The molecule has 0 aliphatic heterocycles. The number of hydrogen-bond donors (Lipinski definition) is 1. The molecule has 0 heterocycles. The maximum absolute atomic E-state index is 12.2. The molecule has 10 heteroatoms. The number of methoxy groups -OCH3 is 1. The molecule has 2 aromatic carbocycles. The number of nitrogens with zero attached hydrogens (tertiary/aromatic N) is 1. The van der Waals surface area contributed by atoms with Gasteiger partial charge in [-0.1, -0.05) is 23.7 Å². The first-order valence-corrected chi connectivity index (χ1v) is 8.39. The zero-order valence-corrected chi connectivity index (χ0v) is 15.8. The summed E-state index contributed by atoms with van der Waals surface area (Å²) in [6.07, 6.45) is -1.15. The van der Waals surface area contributed by atoms with Crippen molar-refractivity contribution in [3.05, 3.63) is 57.6 Å². The van der Waals surface area contributed by atoms with Gasteiger partial charge in [0, 0.05) is 11.1 Å². The lowest BCUT2D eigenvalue weighted by Gasteiger charge is -2.15. The second-order valence-electron chi connectivity index (χ2n) is 5.48. The first-order valence-electron chi connectivity index (χ1n) is 8.02. The van der Waals surface area contributed by atoms with Gasteiger partial charge in [-0.05, 0) is 31.2 Å². The van der Waals surface area contributed by atoms with E-state index in [1.165, 1.54) is 44.4 Å². The summed E-state index contributed by atoms with van der Waals surface area (Å²) in [5.74, 6) is -1.17. The van der Waals surface area contributed by atoms with Gasteiger partial charge in [0.25, 0.3) is 5.91 Å². The Hall–Kier alpha value is -3.33. The second kappa shape index (κ2) is 9.56. The maximum Gasteiger partial charge on any atom is 0.344 e. The van der Waals surface area contributed by atoms with Gasteiger partial charge in [0.15, 0.2) is 18.5 Å². The molecule has 0 bridgehead atoms. The third-order valence-electron chi connectivity index (χ3n) is 3.50. The standard InChI is InChI=1S/C18H17ClN2O7/c1-11(18(23)20-13-9-12(19)7-8-15(13)26-2)28-17(22)10-27-16-6-4-3-5-14(16)21(24)25/h3-9,11H,10H2,1-2H3,(H,20,23)/t11-/m1/s1. The summed E-state index contributed by atoms with van der Waals surface area (Å²) in [5, 5.41) is 13.9. The van der Waals surface area contributed by atoms with Crippen LogP contribution in [0.3, 0.4) is 0 Å². The number of ether oxygens (including phenoxy) is 3. The summed E-state index contributed by atoms with van der Waals surface area (Å²) in [6.45, 7) is 0.776. The van der Waals surface area contributed by atoms with Gasteiger partial charge in [0.05, 0.1) is 17.7 Å². The molecule has 0 spiro atoms. The van der Waals surface area contributed by atoms with E-state index in [2.05, 4.69) is 5.32 Å². The number of para-hydroxylation sites is 2. The average Bonchev–Trinajstić information content (AvgIpc) is 2.66. The fraction of sp³-hybridized carbons (Fsp3) is 0.222. The zero-order valence-electron chi connectivity index (χ0n) is 15.0. The maximum atomic E-state index is 12.2. The van der Waals surface area contributed by atoms with Crippen molar-refractivity contribution < 1.29 is 28.7 Å². The molecule has 1 atom stereocenters. The van der Waals surface area contributed by atoms with Crippen LogP contribution in [0.5, 0.6) is 11.5 Å². The SMILES string of the molecule is COc1ccc(Cl)cc1NC(=O)[C@@H](C)OC(=O)COc1ccccc1[N+](=O)[O-]. The number of nitrogens with one attached hydrogen (secondary N) is 1. The van der Waals surface area contributed by atoms with E-state index in [0.717, 1.165) is 0 Å². The lowest BCUT2D eigenvalue weighted by molar-refractivity contribution is -0.385. The van der Waals surface area contributed by atoms with Crippen LogP contribution in [0.1, 0.15) is 6.92 Å². The third-order valence-corrected chi connectivity index (χ3v) is 3.74. The van der Waals surface area contributed by atoms with Crippen LogP contribution >= 0.6 is 11.6 Å². The fourth-order valence-electron chi connectivity index (χ4n) is 2.16. The van der Waals surface area contributed by atoms with Crippen LogP contribution in [0.4, 0.5) is 11.4 Å². The van der Waals surface area contributed by atoms with E-state index in [-0.39, 0.29) is 11.4 Å². The van der Waals surface area contributed by atoms with Gasteiger partial charge >= 0.3 is 11.7 Å². The van der Waals surface area contributed by atoms with Crippen molar-refractivity contribution in [1.29, 1.82) is 0 Å². The van der Waals surface area contributed by atoms with Crippen molar-refractivity contribution >= 4 is 34.9 Å². The van der Waals surface area contributed by atoms with Crippen molar-refractivity contribution in [2.75, 3.05) is 19.0 Å². The predicted molar refractivity (Wildman–Crippen MR) is 101 cm³/mol. The molecular weight excluding hydrogens is 392 g/mol. The first-order chi connectivity index (χ1) is 13.3. The number of amides is 1. The highest BCUT2D eigenvalue weighted by molar-refractivity contribution is 6.31. The quantitative estimate of drug-likeness (QED) is 0.405. The molecule has 9 nitrogen and oxygen atoms in total. The first kappa shape index (κ1) is 21.0. The molecular formula is C18H17ClN2O7. The monoisotopic (exact) mass is 408 g/mol. The molecule has 1 N–H and O–H groups in total. The van der Waals surface area contributed by atoms with Crippen molar-refractivity contribution in [2.24, 2.45) is 0 Å². The molecule has 0 aliphatic carbocycles. The summed E-state index contributed by atoms with van der Waals surface area (Å²) < 4.78 is 15.2. The van der Waals surface area contributed by atoms with Crippen molar-refractivity contribution in [2.45, 2.75) is 13.0 Å². The van der Waals surface area contributed by atoms with Gasteiger partial charge in [-0.3, -0.25) is 14.9 Å². The third kappa shape index (κ3) is 5.58. The molecule has 0 saturated carbocycles. The largest absolute Gasteiger partial charge is 0.495 e. The van der Waals surface area contributed by atoms with E-state index in [4.69, 9.17) is 25.8 Å². The fourth-order valence-corrected chi connectivity index (χ4v) is 2.34. The van der Waals surface area contributed by atoms with Gasteiger partial charge < -0.3 is 19.5 Å². The Morgan fingerprint density at radius 3 is 2.61 bits per heavy atom. The Labute approximate surface area is 165 Å². The van der Waals surface area contributed by atoms with Crippen LogP contribution in [0.15, 0.2) is 42.5 Å². The Morgan fingerprint density at radius 1 is 1.21 bits per heavy atom. The van der Waals surface area contributed by atoms with Gasteiger partial charge in [0.2, 0.25) is 0 Å². The number of nitro groups is 1. The van der Waals surface area contributed by atoms with Crippen LogP contribution < -0.4 is 14.8 Å². The smallest absolute Gasteiger partial charge is 0.344 e. The number of halogens is 1. The van der Waals surface area contributed by atoms with Crippen molar-refractivity contribution in [3.8, 4) is 11.5 Å². The topological polar surface area (TPSA) is 117 Å². The minimum absolute atomic E-state index is 0.0785. The molecule has 0 unspecified atom stereocenters. The van der Waals surface area contributed by atoms with Gasteiger partial charge in [-0.25, -0.2) is 4.79 Å². The highest BCUT2D eigenvalue weighted by atomic mass is 35.5. The summed E-state index contributed by atoms with van der Waals surface area (Å²) in [7, 11) is 1.43. The number of benzene rings is 2. The number of carbonyl (C=O) groups is 2. The summed E-state index contributed by atoms with van der Waals surface area (Å²) in [6, 6.07) is 10.3. The lowest BCUT2D eigenvalue weighted by Crippen LogP contribution is -2.31. The van der Waals surface area contributed by atoms with E-state index in [1.807, 2.05) is 0 Å². The summed E-state index contributed by atoms with van der Waals surface area (Å²) >= 11 is 5.90. The average molecular weight is 409 g/mol. The van der Waals surface area contributed by atoms with E-state index < -0.39 is 29.5 Å². The number of nitro benzene ring substituents is 1. The molecule has 28 heavy (non-hydrogen) atoms. The van der Waals surface area contributed by atoms with Crippen LogP contribution in [0.25, 0.3) is 0 Å². The number of hydrogen-bond acceptors (Lipinski definition) is 7. The van der Waals surface area contributed by atoms with Crippen LogP contribution in [0, 0.1) is 10.1 Å². The van der Waals surface area contributed by atoms with Crippen LogP contribution in [-0.4, -0.2) is 36.6 Å². The molecule has 148 valence electrons. The number of esters is 1.